The number of hydrogen-bond acceptors (Lipinski definition) is 6. The minimum Gasteiger partial charge on any atom is -0.465 e. The first-order valence-electron chi connectivity index (χ1n) is 8.42. The lowest BCUT2D eigenvalue weighted by Gasteiger charge is -2.08. The van der Waals surface area contributed by atoms with Crippen LogP contribution in [-0.2, 0) is 4.74 Å². The van der Waals surface area contributed by atoms with Crippen LogP contribution in [0.5, 0.6) is 0 Å². The zero-order valence-electron chi connectivity index (χ0n) is 15.2. The highest BCUT2D eigenvalue weighted by molar-refractivity contribution is 6.30. The van der Waals surface area contributed by atoms with E-state index in [9.17, 15) is 19.7 Å². The molecular weight excluding hydrogens is 396 g/mol. The molecule has 0 saturated heterocycles. The number of nitrogens with one attached hydrogen (secondary N) is 1. The minimum absolute atomic E-state index is 0.0259. The van der Waals surface area contributed by atoms with Gasteiger partial charge in [0.2, 0.25) is 0 Å². The number of non-ortho nitro benzene ring substituents is 1. The molecular formula is C21H15ClN2O5. The van der Waals surface area contributed by atoms with Gasteiger partial charge in [-0.3, -0.25) is 14.9 Å². The molecule has 0 saturated carbocycles. The number of carbonyl (C=O) groups excluding carboxylic acids is 2. The largest absolute Gasteiger partial charge is 0.465 e. The van der Waals surface area contributed by atoms with Crippen LogP contribution in [0.1, 0.15) is 26.3 Å². The molecule has 3 aromatic carbocycles. The highest BCUT2D eigenvalue weighted by Crippen LogP contribution is 2.23. The van der Waals surface area contributed by atoms with Crippen molar-refractivity contribution in [2.75, 3.05) is 12.4 Å². The zero-order chi connectivity index (χ0) is 21.0. The van der Waals surface area contributed by atoms with Crippen LogP contribution in [0.25, 0.3) is 0 Å². The maximum absolute atomic E-state index is 12.8. The zero-order valence-corrected chi connectivity index (χ0v) is 16.0. The Morgan fingerprint density at radius 3 is 2.00 bits per heavy atom. The summed E-state index contributed by atoms with van der Waals surface area (Å²) in [5, 5.41) is 14.9. The Morgan fingerprint density at radius 2 is 1.45 bits per heavy atom. The van der Waals surface area contributed by atoms with Crippen molar-refractivity contribution >= 4 is 40.4 Å². The standard InChI is InChI=1S/C21H15ClN2O5/c1-29-21(26)15-10-14(11-19(12-15)24(27)28)20(25)13-2-6-17(7-3-13)23-18-8-4-16(22)5-9-18/h2-12,23H,1H3. The van der Waals surface area contributed by atoms with Gasteiger partial charge in [-0.1, -0.05) is 11.6 Å². The maximum atomic E-state index is 12.8. The van der Waals surface area contributed by atoms with Gasteiger partial charge in [-0.05, 0) is 54.6 Å². The predicted octanol–water partition coefficient (Wildman–Crippen LogP) is 5.01. The number of benzene rings is 3. The van der Waals surface area contributed by atoms with Crippen LogP contribution in [-0.4, -0.2) is 23.8 Å². The molecule has 146 valence electrons. The number of ether oxygens (including phenoxy) is 1. The van der Waals surface area contributed by atoms with E-state index in [1.165, 1.54) is 6.07 Å². The number of rotatable bonds is 6. The normalized spacial score (nSPS) is 10.3. The molecule has 0 aliphatic rings. The number of anilines is 2. The molecule has 7 nitrogen and oxygen atoms in total. The quantitative estimate of drug-likeness (QED) is 0.265. The van der Waals surface area contributed by atoms with E-state index in [1.54, 1.807) is 36.4 Å². The summed E-state index contributed by atoms with van der Waals surface area (Å²) >= 11 is 5.86. The van der Waals surface area contributed by atoms with Crippen LogP contribution >= 0.6 is 11.6 Å². The van der Waals surface area contributed by atoms with Gasteiger partial charge in [-0.2, -0.15) is 0 Å². The number of halogens is 1. The smallest absolute Gasteiger partial charge is 0.338 e. The van der Waals surface area contributed by atoms with Crippen molar-refractivity contribution in [3.63, 3.8) is 0 Å². The Morgan fingerprint density at radius 1 is 0.897 bits per heavy atom. The Kier molecular flexibility index (Phi) is 5.90. The maximum Gasteiger partial charge on any atom is 0.338 e. The predicted molar refractivity (Wildman–Crippen MR) is 109 cm³/mol. The summed E-state index contributed by atoms with van der Waals surface area (Å²) in [6, 6.07) is 17.2. The summed E-state index contributed by atoms with van der Waals surface area (Å²) in [6.45, 7) is 0. The molecule has 3 aromatic rings. The lowest BCUT2D eigenvalue weighted by molar-refractivity contribution is -0.384. The molecule has 0 radical (unpaired) electrons. The fourth-order valence-electron chi connectivity index (χ4n) is 2.65. The Labute approximate surface area is 171 Å². The number of esters is 1. The molecule has 0 heterocycles. The van der Waals surface area contributed by atoms with Crippen LogP contribution in [0.4, 0.5) is 17.1 Å². The molecule has 0 aliphatic carbocycles. The fourth-order valence-corrected chi connectivity index (χ4v) is 2.78. The van der Waals surface area contributed by atoms with Crippen molar-refractivity contribution in [3.8, 4) is 0 Å². The summed E-state index contributed by atoms with van der Waals surface area (Å²) in [4.78, 5) is 35.0. The fraction of sp³-hybridized carbons (Fsp3) is 0.0476. The molecule has 29 heavy (non-hydrogen) atoms. The summed E-state index contributed by atoms with van der Waals surface area (Å²) in [5.74, 6) is -1.21. The van der Waals surface area contributed by atoms with Crippen molar-refractivity contribution < 1.29 is 19.2 Å². The summed E-state index contributed by atoms with van der Waals surface area (Å²) < 4.78 is 4.60. The van der Waals surface area contributed by atoms with E-state index in [2.05, 4.69) is 10.1 Å². The van der Waals surface area contributed by atoms with Gasteiger partial charge in [-0.15, -0.1) is 0 Å². The number of carbonyl (C=O) groups is 2. The van der Waals surface area contributed by atoms with Gasteiger partial charge >= 0.3 is 5.97 Å². The average Bonchev–Trinajstić information content (AvgIpc) is 2.74. The van der Waals surface area contributed by atoms with Gasteiger partial charge in [0.25, 0.3) is 5.69 Å². The minimum atomic E-state index is -0.759. The molecule has 0 spiro atoms. The second-order valence-electron chi connectivity index (χ2n) is 6.06. The summed E-state index contributed by atoms with van der Waals surface area (Å²) in [6.07, 6.45) is 0. The lowest BCUT2D eigenvalue weighted by Crippen LogP contribution is -2.07. The molecule has 3 rings (SSSR count). The third kappa shape index (κ3) is 4.77. The second-order valence-corrected chi connectivity index (χ2v) is 6.49. The summed E-state index contributed by atoms with van der Waals surface area (Å²) in [5.41, 5.74) is 1.50. The van der Waals surface area contributed by atoms with Crippen molar-refractivity contribution in [3.05, 3.63) is 98.6 Å². The molecule has 0 amide bonds. The highest BCUT2D eigenvalue weighted by atomic mass is 35.5. The van der Waals surface area contributed by atoms with Crippen LogP contribution in [0.3, 0.4) is 0 Å². The average molecular weight is 411 g/mol. The molecule has 0 aliphatic heterocycles. The lowest BCUT2D eigenvalue weighted by atomic mass is 10.00. The Bertz CT molecular complexity index is 1080. The number of methoxy groups -OCH3 is 1. The first-order valence-corrected chi connectivity index (χ1v) is 8.80. The van der Waals surface area contributed by atoms with E-state index in [1.807, 2.05) is 12.1 Å². The van der Waals surface area contributed by atoms with Gasteiger partial charge in [0, 0.05) is 39.7 Å². The van der Waals surface area contributed by atoms with E-state index in [-0.39, 0.29) is 16.8 Å². The van der Waals surface area contributed by atoms with E-state index >= 15 is 0 Å². The molecule has 8 heteroatoms. The molecule has 0 unspecified atom stereocenters. The van der Waals surface area contributed by atoms with Crippen molar-refractivity contribution in [1.82, 2.24) is 0 Å². The van der Waals surface area contributed by atoms with Gasteiger partial charge < -0.3 is 10.1 Å². The highest BCUT2D eigenvalue weighted by Gasteiger charge is 2.19. The molecule has 0 atom stereocenters. The SMILES string of the molecule is COC(=O)c1cc(C(=O)c2ccc(Nc3ccc(Cl)cc3)cc2)cc([N+](=O)[O-])c1. The Hall–Kier alpha value is -3.71. The third-order valence-electron chi connectivity index (χ3n) is 4.09. The first-order chi connectivity index (χ1) is 13.9. The van der Waals surface area contributed by atoms with Crippen LogP contribution in [0, 0.1) is 10.1 Å². The number of nitro benzene ring substituents is 1. The van der Waals surface area contributed by atoms with Gasteiger partial charge in [0.15, 0.2) is 5.78 Å². The third-order valence-corrected chi connectivity index (χ3v) is 4.34. The number of nitrogens with zero attached hydrogens (tertiary/aromatic N) is 1. The monoisotopic (exact) mass is 410 g/mol. The van der Waals surface area contributed by atoms with Crippen molar-refractivity contribution in [2.45, 2.75) is 0 Å². The number of hydrogen-bond donors (Lipinski definition) is 1. The van der Waals surface area contributed by atoms with Crippen LogP contribution in [0.2, 0.25) is 5.02 Å². The summed E-state index contributed by atoms with van der Waals surface area (Å²) in [7, 11) is 1.16. The molecule has 0 aromatic heterocycles. The molecule has 0 bridgehead atoms. The van der Waals surface area contributed by atoms with E-state index in [4.69, 9.17) is 11.6 Å². The van der Waals surface area contributed by atoms with E-state index in [0.29, 0.717) is 10.6 Å². The number of nitro groups is 1. The van der Waals surface area contributed by atoms with Crippen molar-refractivity contribution in [1.29, 1.82) is 0 Å². The second kappa shape index (κ2) is 8.53. The molecule has 1 N–H and O–H groups in total. The van der Waals surface area contributed by atoms with Crippen LogP contribution < -0.4 is 5.32 Å². The topological polar surface area (TPSA) is 98.5 Å². The first kappa shape index (κ1) is 20.0. The van der Waals surface area contributed by atoms with Crippen LogP contribution in [0.15, 0.2) is 66.7 Å². The number of ketones is 1. The van der Waals surface area contributed by atoms with Gasteiger partial charge in [0.1, 0.15) is 0 Å². The van der Waals surface area contributed by atoms with Gasteiger partial charge in [0.05, 0.1) is 17.6 Å². The van der Waals surface area contributed by atoms with Gasteiger partial charge in [-0.25, -0.2) is 4.79 Å². The Balaban J connectivity index is 1.86. The van der Waals surface area contributed by atoms with Crippen molar-refractivity contribution in [2.24, 2.45) is 0 Å². The van der Waals surface area contributed by atoms with E-state index in [0.717, 1.165) is 30.6 Å². The molecule has 0 fully saturated rings. The van der Waals surface area contributed by atoms with E-state index < -0.39 is 16.7 Å².